The number of carbonyl (C=O) groups is 1. The van der Waals surface area contributed by atoms with Crippen molar-refractivity contribution in [2.45, 2.75) is 40.3 Å². The van der Waals surface area contributed by atoms with E-state index in [2.05, 4.69) is 29.2 Å². The summed E-state index contributed by atoms with van der Waals surface area (Å²) >= 11 is 0. The fraction of sp³-hybridized carbons (Fsp3) is 0.350. The lowest BCUT2D eigenvalue weighted by molar-refractivity contribution is 0.0939. The average molecular weight is 352 g/mol. The molecule has 6 heteroatoms. The molecule has 1 amide bonds. The molecule has 0 spiro atoms. The van der Waals surface area contributed by atoms with Crippen molar-refractivity contribution in [3.63, 3.8) is 0 Å². The molecular weight excluding hydrogens is 328 g/mol. The normalized spacial score (nSPS) is 11.1. The van der Waals surface area contributed by atoms with Crippen molar-refractivity contribution in [2.75, 3.05) is 0 Å². The van der Waals surface area contributed by atoms with Crippen molar-refractivity contribution in [3.05, 3.63) is 59.7 Å². The Labute approximate surface area is 153 Å². The fourth-order valence-corrected chi connectivity index (χ4v) is 2.77. The van der Waals surface area contributed by atoms with Gasteiger partial charge in [0.15, 0.2) is 0 Å². The summed E-state index contributed by atoms with van der Waals surface area (Å²) in [7, 11) is 0. The first kappa shape index (κ1) is 17.9. The van der Waals surface area contributed by atoms with Crippen molar-refractivity contribution in [1.82, 2.24) is 20.1 Å². The summed E-state index contributed by atoms with van der Waals surface area (Å²) < 4.78 is 7.24. The van der Waals surface area contributed by atoms with Crippen molar-refractivity contribution in [3.8, 4) is 11.5 Å². The molecule has 136 valence electrons. The average Bonchev–Trinajstić information content (AvgIpc) is 3.27. The summed E-state index contributed by atoms with van der Waals surface area (Å²) in [5.74, 6) is 0.893. The first-order chi connectivity index (χ1) is 12.6. The zero-order valence-electron chi connectivity index (χ0n) is 15.4. The van der Waals surface area contributed by atoms with Crippen LogP contribution in [0, 0.1) is 5.92 Å². The van der Waals surface area contributed by atoms with E-state index in [9.17, 15) is 4.79 Å². The minimum Gasteiger partial charge on any atom is -0.444 e. The van der Waals surface area contributed by atoms with Gasteiger partial charge in [-0.25, -0.2) is 4.98 Å². The van der Waals surface area contributed by atoms with E-state index in [-0.39, 0.29) is 5.91 Å². The van der Waals surface area contributed by atoms with E-state index in [1.165, 1.54) is 0 Å². The van der Waals surface area contributed by atoms with E-state index in [0.29, 0.717) is 36.3 Å². The molecule has 0 aliphatic heterocycles. The molecule has 6 nitrogen and oxygen atoms in total. The SMILES string of the molecule is CCn1nc(CC(C)C)cc1C(=O)NCc1coc(-c2ccccc2)n1. The quantitative estimate of drug-likeness (QED) is 0.704. The molecule has 2 heterocycles. The number of aromatic nitrogens is 3. The highest BCUT2D eigenvalue weighted by Gasteiger charge is 2.16. The highest BCUT2D eigenvalue weighted by molar-refractivity contribution is 5.92. The Hall–Kier alpha value is -2.89. The predicted octanol–water partition coefficient (Wildman–Crippen LogP) is 3.69. The summed E-state index contributed by atoms with van der Waals surface area (Å²) in [6, 6.07) is 11.5. The van der Waals surface area contributed by atoms with Gasteiger partial charge in [0.1, 0.15) is 12.0 Å². The van der Waals surface area contributed by atoms with Crippen molar-refractivity contribution < 1.29 is 9.21 Å². The third-order valence-electron chi connectivity index (χ3n) is 3.98. The lowest BCUT2D eigenvalue weighted by Crippen LogP contribution is -2.25. The van der Waals surface area contributed by atoms with Crippen LogP contribution in [0.3, 0.4) is 0 Å². The van der Waals surface area contributed by atoms with Gasteiger partial charge in [-0.3, -0.25) is 9.48 Å². The smallest absolute Gasteiger partial charge is 0.269 e. The predicted molar refractivity (Wildman–Crippen MR) is 99.6 cm³/mol. The van der Waals surface area contributed by atoms with Gasteiger partial charge in [-0.15, -0.1) is 0 Å². The Bertz CT molecular complexity index is 865. The summed E-state index contributed by atoms with van der Waals surface area (Å²) in [6.45, 7) is 7.22. The van der Waals surface area contributed by atoms with Crippen LogP contribution in [0.4, 0.5) is 0 Å². The maximum Gasteiger partial charge on any atom is 0.269 e. The Morgan fingerprint density at radius 1 is 1.23 bits per heavy atom. The van der Waals surface area contributed by atoms with Crippen LogP contribution in [0.2, 0.25) is 0 Å². The lowest BCUT2D eigenvalue weighted by Gasteiger charge is -2.04. The van der Waals surface area contributed by atoms with Crippen molar-refractivity contribution >= 4 is 5.91 Å². The highest BCUT2D eigenvalue weighted by Crippen LogP contribution is 2.18. The Balaban J connectivity index is 1.66. The lowest BCUT2D eigenvalue weighted by atomic mass is 10.1. The molecule has 0 aliphatic carbocycles. The molecular formula is C20H24N4O2. The minimum atomic E-state index is -0.154. The van der Waals surface area contributed by atoms with Gasteiger partial charge in [0.25, 0.3) is 5.91 Å². The van der Waals surface area contributed by atoms with Gasteiger partial charge in [0.05, 0.1) is 17.9 Å². The molecule has 0 bridgehead atoms. The molecule has 3 aromatic rings. The number of nitrogens with one attached hydrogen (secondary N) is 1. The highest BCUT2D eigenvalue weighted by atomic mass is 16.3. The van der Waals surface area contributed by atoms with Crippen molar-refractivity contribution in [1.29, 1.82) is 0 Å². The minimum absolute atomic E-state index is 0.154. The van der Waals surface area contributed by atoms with E-state index < -0.39 is 0 Å². The number of aryl methyl sites for hydroxylation is 1. The van der Waals surface area contributed by atoms with Crippen LogP contribution >= 0.6 is 0 Å². The topological polar surface area (TPSA) is 73.0 Å². The third kappa shape index (κ3) is 4.20. The number of amides is 1. The maximum absolute atomic E-state index is 12.5. The summed E-state index contributed by atoms with van der Waals surface area (Å²) in [5, 5.41) is 7.41. The van der Waals surface area contributed by atoms with Crippen LogP contribution in [0.1, 0.15) is 42.6 Å². The molecule has 2 aromatic heterocycles. The van der Waals surface area contributed by atoms with E-state index in [1.807, 2.05) is 43.3 Å². The van der Waals surface area contributed by atoms with Crippen LogP contribution < -0.4 is 5.32 Å². The van der Waals surface area contributed by atoms with Crippen LogP contribution in [0.5, 0.6) is 0 Å². The second-order valence-corrected chi connectivity index (χ2v) is 6.63. The van der Waals surface area contributed by atoms with Gasteiger partial charge in [-0.2, -0.15) is 5.10 Å². The van der Waals surface area contributed by atoms with Crippen LogP contribution in [0.25, 0.3) is 11.5 Å². The number of hydrogen-bond acceptors (Lipinski definition) is 4. The number of benzene rings is 1. The van der Waals surface area contributed by atoms with Gasteiger partial charge in [-0.05, 0) is 37.5 Å². The molecule has 3 rings (SSSR count). The number of hydrogen-bond donors (Lipinski definition) is 1. The molecule has 0 fully saturated rings. The van der Waals surface area contributed by atoms with Gasteiger partial charge in [-0.1, -0.05) is 32.0 Å². The third-order valence-corrected chi connectivity index (χ3v) is 3.98. The van der Waals surface area contributed by atoms with Crippen LogP contribution in [-0.4, -0.2) is 20.7 Å². The van der Waals surface area contributed by atoms with E-state index in [4.69, 9.17) is 4.42 Å². The number of oxazole rings is 1. The number of carbonyl (C=O) groups excluding carboxylic acids is 1. The second kappa shape index (κ2) is 7.99. The van der Waals surface area contributed by atoms with E-state index >= 15 is 0 Å². The maximum atomic E-state index is 12.5. The summed E-state index contributed by atoms with van der Waals surface area (Å²) in [6.07, 6.45) is 2.43. The van der Waals surface area contributed by atoms with Crippen molar-refractivity contribution in [2.24, 2.45) is 5.92 Å². The van der Waals surface area contributed by atoms with Gasteiger partial charge < -0.3 is 9.73 Å². The Morgan fingerprint density at radius 2 is 2.00 bits per heavy atom. The zero-order chi connectivity index (χ0) is 18.5. The first-order valence-corrected chi connectivity index (χ1v) is 8.91. The molecule has 0 radical (unpaired) electrons. The van der Waals surface area contributed by atoms with Crippen LogP contribution in [0.15, 0.2) is 47.1 Å². The van der Waals surface area contributed by atoms with Gasteiger partial charge in [0, 0.05) is 12.1 Å². The standard InChI is InChI=1S/C20H24N4O2/c1-4-24-18(11-16(23-24)10-14(2)3)19(25)21-12-17-13-26-20(22-17)15-8-6-5-7-9-15/h5-9,11,13-14H,4,10,12H2,1-3H3,(H,21,25). The first-order valence-electron chi connectivity index (χ1n) is 8.91. The molecule has 0 saturated heterocycles. The second-order valence-electron chi connectivity index (χ2n) is 6.63. The molecule has 0 saturated carbocycles. The molecule has 0 unspecified atom stereocenters. The number of nitrogens with zero attached hydrogens (tertiary/aromatic N) is 3. The Kier molecular flexibility index (Phi) is 5.51. The van der Waals surface area contributed by atoms with Gasteiger partial charge in [0.2, 0.25) is 5.89 Å². The molecule has 0 atom stereocenters. The number of rotatable bonds is 7. The molecule has 1 N–H and O–H groups in total. The van der Waals surface area contributed by atoms with Crippen LogP contribution in [-0.2, 0) is 19.5 Å². The summed E-state index contributed by atoms with van der Waals surface area (Å²) in [5.41, 5.74) is 3.12. The van der Waals surface area contributed by atoms with Gasteiger partial charge >= 0.3 is 0 Å². The fourth-order valence-electron chi connectivity index (χ4n) is 2.77. The Morgan fingerprint density at radius 3 is 2.69 bits per heavy atom. The van der Waals surface area contributed by atoms with E-state index in [0.717, 1.165) is 17.7 Å². The molecule has 1 aromatic carbocycles. The monoisotopic (exact) mass is 352 g/mol. The molecule has 26 heavy (non-hydrogen) atoms. The van der Waals surface area contributed by atoms with E-state index in [1.54, 1.807) is 10.9 Å². The zero-order valence-corrected chi connectivity index (χ0v) is 15.4. The molecule has 0 aliphatic rings. The summed E-state index contributed by atoms with van der Waals surface area (Å²) in [4.78, 5) is 17.0. The largest absolute Gasteiger partial charge is 0.444 e.